The Hall–Kier alpha value is -0.900. The molecule has 4 heteroatoms. The lowest BCUT2D eigenvalue weighted by molar-refractivity contribution is 0.544. The van der Waals surface area contributed by atoms with Gasteiger partial charge in [0.05, 0.1) is 0 Å². The molecule has 0 amide bonds. The highest BCUT2D eigenvalue weighted by Gasteiger charge is 2.14. The van der Waals surface area contributed by atoms with Crippen molar-refractivity contribution in [1.82, 2.24) is 20.1 Å². The third-order valence-electron chi connectivity index (χ3n) is 2.68. The standard InChI is InChI=1S/C9H16N4/c1-13-7-11-12-9(13)5-4-8-3-2-6-10-8/h7-8,10H,2-6H2,1H3. The summed E-state index contributed by atoms with van der Waals surface area (Å²) in [5, 5.41) is 11.4. The van der Waals surface area contributed by atoms with Gasteiger partial charge in [-0.2, -0.15) is 0 Å². The first-order valence-electron chi connectivity index (χ1n) is 4.92. The van der Waals surface area contributed by atoms with Crippen LogP contribution in [0.5, 0.6) is 0 Å². The summed E-state index contributed by atoms with van der Waals surface area (Å²) in [5.41, 5.74) is 0. The molecule has 0 radical (unpaired) electrons. The van der Waals surface area contributed by atoms with Gasteiger partial charge in [0, 0.05) is 19.5 Å². The summed E-state index contributed by atoms with van der Waals surface area (Å²) in [5.74, 6) is 1.09. The number of nitrogens with zero attached hydrogens (tertiary/aromatic N) is 3. The van der Waals surface area contributed by atoms with Crippen molar-refractivity contribution in [3.8, 4) is 0 Å². The molecule has 72 valence electrons. The van der Waals surface area contributed by atoms with E-state index in [1.165, 1.54) is 25.8 Å². The second-order valence-corrected chi connectivity index (χ2v) is 3.69. The molecule has 1 unspecified atom stereocenters. The molecule has 2 rings (SSSR count). The van der Waals surface area contributed by atoms with Crippen LogP contribution in [0.3, 0.4) is 0 Å². The van der Waals surface area contributed by atoms with E-state index in [1.807, 2.05) is 11.6 Å². The minimum Gasteiger partial charge on any atom is -0.321 e. The van der Waals surface area contributed by atoms with Crippen molar-refractivity contribution in [2.24, 2.45) is 7.05 Å². The van der Waals surface area contributed by atoms with Crippen LogP contribution in [0, 0.1) is 0 Å². The molecule has 1 aliphatic rings. The summed E-state index contributed by atoms with van der Waals surface area (Å²) in [4.78, 5) is 0. The highest BCUT2D eigenvalue weighted by atomic mass is 15.2. The molecule has 1 aliphatic heterocycles. The minimum atomic E-state index is 0.705. The van der Waals surface area contributed by atoms with Crippen molar-refractivity contribution in [1.29, 1.82) is 0 Å². The predicted molar refractivity (Wildman–Crippen MR) is 50.3 cm³/mol. The van der Waals surface area contributed by atoms with Gasteiger partial charge in [0.2, 0.25) is 0 Å². The maximum Gasteiger partial charge on any atom is 0.132 e. The number of rotatable bonds is 3. The molecule has 1 fully saturated rings. The number of hydrogen-bond acceptors (Lipinski definition) is 3. The molecule has 13 heavy (non-hydrogen) atoms. The summed E-state index contributed by atoms with van der Waals surface area (Å²) >= 11 is 0. The van der Waals surface area contributed by atoms with Crippen LogP contribution in [0.15, 0.2) is 6.33 Å². The molecule has 0 aromatic carbocycles. The highest BCUT2D eigenvalue weighted by molar-refractivity contribution is 4.87. The fourth-order valence-electron chi connectivity index (χ4n) is 1.84. The largest absolute Gasteiger partial charge is 0.321 e. The van der Waals surface area contributed by atoms with Crippen LogP contribution in [0.1, 0.15) is 25.1 Å². The lowest BCUT2D eigenvalue weighted by Gasteiger charge is -2.08. The van der Waals surface area contributed by atoms with Gasteiger partial charge in [-0.1, -0.05) is 0 Å². The van der Waals surface area contributed by atoms with Gasteiger partial charge in [-0.25, -0.2) is 0 Å². The highest BCUT2D eigenvalue weighted by Crippen LogP contribution is 2.10. The Kier molecular flexibility index (Phi) is 2.59. The zero-order chi connectivity index (χ0) is 9.10. The van der Waals surface area contributed by atoms with E-state index in [-0.39, 0.29) is 0 Å². The number of nitrogens with one attached hydrogen (secondary N) is 1. The Morgan fingerprint density at radius 3 is 3.23 bits per heavy atom. The van der Waals surface area contributed by atoms with E-state index in [9.17, 15) is 0 Å². The van der Waals surface area contributed by atoms with Crippen LogP contribution in [-0.2, 0) is 13.5 Å². The summed E-state index contributed by atoms with van der Waals surface area (Å²) in [6.07, 6.45) is 6.62. The molecule has 4 nitrogen and oxygen atoms in total. The van der Waals surface area contributed by atoms with E-state index < -0.39 is 0 Å². The van der Waals surface area contributed by atoms with Crippen molar-refractivity contribution >= 4 is 0 Å². The smallest absolute Gasteiger partial charge is 0.132 e. The van der Waals surface area contributed by atoms with Gasteiger partial charge in [-0.15, -0.1) is 10.2 Å². The molecular weight excluding hydrogens is 164 g/mol. The Balaban J connectivity index is 1.82. The van der Waals surface area contributed by atoms with Crippen LogP contribution in [-0.4, -0.2) is 27.4 Å². The molecule has 1 atom stereocenters. The van der Waals surface area contributed by atoms with E-state index in [1.54, 1.807) is 6.33 Å². The lowest BCUT2D eigenvalue weighted by atomic mass is 10.1. The van der Waals surface area contributed by atoms with Gasteiger partial charge in [0.15, 0.2) is 0 Å². The van der Waals surface area contributed by atoms with E-state index >= 15 is 0 Å². The Labute approximate surface area is 78.4 Å². The summed E-state index contributed by atoms with van der Waals surface area (Å²) in [6, 6.07) is 0.705. The van der Waals surface area contributed by atoms with Crippen molar-refractivity contribution in [2.75, 3.05) is 6.54 Å². The molecule has 1 aromatic rings. The first-order chi connectivity index (χ1) is 6.36. The van der Waals surface area contributed by atoms with Gasteiger partial charge >= 0.3 is 0 Å². The zero-order valence-electron chi connectivity index (χ0n) is 8.03. The van der Waals surface area contributed by atoms with Gasteiger partial charge in [0.25, 0.3) is 0 Å². The van der Waals surface area contributed by atoms with Crippen LogP contribution in [0.4, 0.5) is 0 Å². The molecule has 0 bridgehead atoms. The van der Waals surface area contributed by atoms with Gasteiger partial charge in [-0.05, 0) is 25.8 Å². The Bertz CT molecular complexity index is 262. The molecular formula is C9H16N4. The second kappa shape index (κ2) is 3.87. The van der Waals surface area contributed by atoms with Crippen molar-refractivity contribution < 1.29 is 0 Å². The summed E-state index contributed by atoms with van der Waals surface area (Å²) in [6.45, 7) is 1.18. The van der Waals surface area contributed by atoms with Gasteiger partial charge in [0.1, 0.15) is 12.2 Å². The van der Waals surface area contributed by atoms with Crippen molar-refractivity contribution in [2.45, 2.75) is 31.7 Å². The SMILES string of the molecule is Cn1cnnc1CCC1CCCN1. The van der Waals surface area contributed by atoms with Crippen LogP contribution >= 0.6 is 0 Å². The van der Waals surface area contributed by atoms with Crippen LogP contribution in [0.2, 0.25) is 0 Å². The Morgan fingerprint density at radius 2 is 2.62 bits per heavy atom. The minimum absolute atomic E-state index is 0.705. The van der Waals surface area contributed by atoms with E-state index in [2.05, 4.69) is 15.5 Å². The second-order valence-electron chi connectivity index (χ2n) is 3.69. The first kappa shape index (κ1) is 8.69. The van der Waals surface area contributed by atoms with Gasteiger partial charge < -0.3 is 9.88 Å². The predicted octanol–water partition coefficient (Wildman–Crippen LogP) is 0.500. The summed E-state index contributed by atoms with van der Waals surface area (Å²) in [7, 11) is 2.00. The third-order valence-corrected chi connectivity index (χ3v) is 2.68. The number of aromatic nitrogens is 3. The first-order valence-corrected chi connectivity index (χ1v) is 4.92. The fourth-order valence-corrected chi connectivity index (χ4v) is 1.84. The summed E-state index contributed by atoms with van der Waals surface area (Å²) < 4.78 is 1.99. The quantitative estimate of drug-likeness (QED) is 0.736. The zero-order valence-corrected chi connectivity index (χ0v) is 8.03. The average Bonchev–Trinajstić information content (AvgIpc) is 2.72. The number of aryl methyl sites for hydroxylation is 2. The molecule has 1 saturated heterocycles. The third kappa shape index (κ3) is 2.06. The number of hydrogen-bond donors (Lipinski definition) is 1. The van der Waals surface area contributed by atoms with Crippen molar-refractivity contribution in [3.05, 3.63) is 12.2 Å². The van der Waals surface area contributed by atoms with Crippen LogP contribution < -0.4 is 5.32 Å². The van der Waals surface area contributed by atoms with E-state index in [4.69, 9.17) is 0 Å². The van der Waals surface area contributed by atoms with E-state index in [0.717, 1.165) is 12.2 Å². The molecule has 0 saturated carbocycles. The average molecular weight is 180 g/mol. The lowest BCUT2D eigenvalue weighted by Crippen LogP contribution is -2.22. The molecule has 1 N–H and O–H groups in total. The van der Waals surface area contributed by atoms with Crippen molar-refractivity contribution in [3.63, 3.8) is 0 Å². The maximum absolute atomic E-state index is 4.06. The Morgan fingerprint density at radius 1 is 1.69 bits per heavy atom. The monoisotopic (exact) mass is 180 g/mol. The topological polar surface area (TPSA) is 42.7 Å². The van der Waals surface area contributed by atoms with Crippen LogP contribution in [0.25, 0.3) is 0 Å². The molecule has 0 aliphatic carbocycles. The van der Waals surface area contributed by atoms with Gasteiger partial charge in [-0.3, -0.25) is 0 Å². The molecule has 2 heterocycles. The molecule has 0 spiro atoms. The van der Waals surface area contributed by atoms with E-state index in [0.29, 0.717) is 6.04 Å². The molecule has 1 aromatic heterocycles. The fraction of sp³-hybridized carbons (Fsp3) is 0.778. The maximum atomic E-state index is 4.06. The normalized spacial score (nSPS) is 22.4.